The van der Waals surface area contributed by atoms with Gasteiger partial charge in [0.25, 0.3) is 5.91 Å². The summed E-state index contributed by atoms with van der Waals surface area (Å²) in [6, 6.07) is 11.7. The van der Waals surface area contributed by atoms with E-state index in [1.165, 1.54) is 19.2 Å². The Balaban J connectivity index is 1.90. The first-order chi connectivity index (χ1) is 11.6. The van der Waals surface area contributed by atoms with Crippen LogP contribution in [0.4, 0.5) is 4.39 Å². The van der Waals surface area contributed by atoms with E-state index in [9.17, 15) is 9.18 Å². The number of amides is 1. The van der Waals surface area contributed by atoms with E-state index in [-0.39, 0.29) is 17.8 Å². The van der Waals surface area contributed by atoms with Crippen molar-refractivity contribution in [3.05, 3.63) is 59.4 Å². The molecule has 1 amide bonds. The molecule has 0 atom stereocenters. The van der Waals surface area contributed by atoms with Crippen LogP contribution in [0.3, 0.4) is 0 Å². The normalized spacial score (nSPS) is 13.5. The highest BCUT2D eigenvalue weighted by Crippen LogP contribution is 2.33. The number of methoxy groups -OCH3 is 2. The zero-order chi connectivity index (χ0) is 17.1. The van der Waals surface area contributed by atoms with Crippen molar-refractivity contribution in [1.29, 1.82) is 0 Å². The zero-order valence-corrected chi connectivity index (χ0v) is 13.8. The molecule has 4 nitrogen and oxygen atoms in total. The maximum Gasteiger partial charge on any atom is 0.258 e. The van der Waals surface area contributed by atoms with Crippen molar-refractivity contribution in [2.24, 2.45) is 0 Å². The quantitative estimate of drug-likeness (QED) is 0.812. The summed E-state index contributed by atoms with van der Waals surface area (Å²) in [6.45, 7) is 0.377. The highest BCUT2D eigenvalue weighted by molar-refractivity contribution is 5.97. The van der Waals surface area contributed by atoms with Gasteiger partial charge < -0.3 is 14.4 Å². The molecule has 0 unspecified atom stereocenters. The minimum atomic E-state index is -0.297. The maximum atomic E-state index is 13.4. The van der Waals surface area contributed by atoms with Gasteiger partial charge in [-0.05, 0) is 48.7 Å². The molecule has 2 aromatic rings. The van der Waals surface area contributed by atoms with Crippen molar-refractivity contribution in [1.82, 2.24) is 4.90 Å². The molecule has 1 fully saturated rings. The van der Waals surface area contributed by atoms with Crippen molar-refractivity contribution in [3.63, 3.8) is 0 Å². The third-order valence-corrected chi connectivity index (χ3v) is 4.13. The standard InChI is InChI=1S/C19H20FNO3/c1-23-16-8-9-18(24-2)17(11-16)19(22)21(15-6-7-15)12-13-4-3-5-14(20)10-13/h3-5,8-11,15H,6-7,12H2,1-2H3. The smallest absolute Gasteiger partial charge is 0.258 e. The molecule has 0 bridgehead atoms. The summed E-state index contributed by atoms with van der Waals surface area (Å²) in [5.41, 5.74) is 1.23. The third kappa shape index (κ3) is 3.50. The molecule has 1 aliphatic rings. The summed E-state index contributed by atoms with van der Waals surface area (Å²) in [7, 11) is 3.09. The number of benzene rings is 2. The molecule has 3 rings (SSSR count). The first-order valence-corrected chi connectivity index (χ1v) is 7.90. The lowest BCUT2D eigenvalue weighted by molar-refractivity contribution is 0.0726. The maximum absolute atomic E-state index is 13.4. The summed E-state index contributed by atoms with van der Waals surface area (Å²) in [6.07, 6.45) is 1.93. The summed E-state index contributed by atoms with van der Waals surface area (Å²) in [5.74, 6) is 0.679. The number of nitrogens with zero attached hydrogens (tertiary/aromatic N) is 1. The second kappa shape index (κ2) is 6.91. The third-order valence-electron chi connectivity index (χ3n) is 4.13. The lowest BCUT2D eigenvalue weighted by Gasteiger charge is -2.24. The van der Waals surface area contributed by atoms with E-state index in [2.05, 4.69) is 0 Å². The van der Waals surface area contributed by atoms with E-state index in [0.29, 0.717) is 23.6 Å². The predicted molar refractivity (Wildman–Crippen MR) is 88.8 cm³/mol. The highest BCUT2D eigenvalue weighted by Gasteiger charge is 2.34. The van der Waals surface area contributed by atoms with E-state index in [0.717, 1.165) is 18.4 Å². The Hall–Kier alpha value is -2.56. The van der Waals surface area contributed by atoms with Gasteiger partial charge >= 0.3 is 0 Å². The lowest BCUT2D eigenvalue weighted by Crippen LogP contribution is -2.33. The topological polar surface area (TPSA) is 38.8 Å². The van der Waals surface area contributed by atoms with Crippen LogP contribution in [0.25, 0.3) is 0 Å². The number of ether oxygens (including phenoxy) is 2. The predicted octanol–water partition coefficient (Wildman–Crippen LogP) is 3.65. The van der Waals surface area contributed by atoms with Gasteiger partial charge in [-0.15, -0.1) is 0 Å². The van der Waals surface area contributed by atoms with E-state index >= 15 is 0 Å². The zero-order valence-electron chi connectivity index (χ0n) is 13.8. The van der Waals surface area contributed by atoms with Crippen LogP contribution in [-0.2, 0) is 6.54 Å². The fraction of sp³-hybridized carbons (Fsp3) is 0.316. The average Bonchev–Trinajstić information content (AvgIpc) is 3.43. The van der Waals surface area contributed by atoms with Crippen LogP contribution in [0.1, 0.15) is 28.8 Å². The van der Waals surface area contributed by atoms with Crippen molar-refractivity contribution in [3.8, 4) is 11.5 Å². The Labute approximate surface area is 140 Å². The number of carbonyl (C=O) groups excluding carboxylic acids is 1. The van der Waals surface area contributed by atoms with Crippen LogP contribution in [0.5, 0.6) is 11.5 Å². The van der Waals surface area contributed by atoms with Gasteiger partial charge in [0, 0.05) is 12.6 Å². The highest BCUT2D eigenvalue weighted by atomic mass is 19.1. The Bertz CT molecular complexity index is 743. The SMILES string of the molecule is COc1ccc(OC)c(C(=O)N(Cc2cccc(F)c2)C2CC2)c1. The summed E-state index contributed by atoms with van der Waals surface area (Å²) < 4.78 is 24.0. The average molecular weight is 329 g/mol. The molecule has 1 aliphatic carbocycles. The van der Waals surface area contributed by atoms with E-state index in [1.807, 2.05) is 6.07 Å². The van der Waals surface area contributed by atoms with Gasteiger partial charge in [-0.2, -0.15) is 0 Å². The van der Waals surface area contributed by atoms with Crippen molar-refractivity contribution >= 4 is 5.91 Å². The van der Waals surface area contributed by atoms with E-state index in [4.69, 9.17) is 9.47 Å². The summed E-state index contributed by atoms with van der Waals surface area (Å²) in [5, 5.41) is 0. The lowest BCUT2D eigenvalue weighted by atomic mass is 10.1. The van der Waals surface area contributed by atoms with Crippen LogP contribution in [0.2, 0.25) is 0 Å². The Morgan fingerprint density at radius 1 is 1.17 bits per heavy atom. The molecule has 0 aromatic heterocycles. The van der Waals surface area contributed by atoms with Crippen LogP contribution in [-0.4, -0.2) is 31.1 Å². The largest absolute Gasteiger partial charge is 0.497 e. The Morgan fingerprint density at radius 3 is 2.58 bits per heavy atom. The van der Waals surface area contributed by atoms with E-state index in [1.54, 1.807) is 36.3 Å². The first kappa shape index (κ1) is 16.3. The van der Waals surface area contributed by atoms with Gasteiger partial charge in [0.15, 0.2) is 0 Å². The number of hydrogen-bond donors (Lipinski definition) is 0. The molecular weight excluding hydrogens is 309 g/mol. The number of hydrogen-bond acceptors (Lipinski definition) is 3. The molecule has 2 aromatic carbocycles. The van der Waals surface area contributed by atoms with Crippen LogP contribution in [0, 0.1) is 5.82 Å². The molecule has 0 saturated heterocycles. The number of halogens is 1. The second-order valence-corrected chi connectivity index (χ2v) is 5.86. The minimum absolute atomic E-state index is 0.127. The molecular formula is C19H20FNO3. The molecule has 24 heavy (non-hydrogen) atoms. The van der Waals surface area contributed by atoms with Crippen molar-refractivity contribution in [2.75, 3.05) is 14.2 Å². The fourth-order valence-corrected chi connectivity index (χ4v) is 2.72. The molecule has 126 valence electrons. The van der Waals surface area contributed by atoms with Gasteiger partial charge in [-0.25, -0.2) is 4.39 Å². The monoisotopic (exact) mass is 329 g/mol. The number of rotatable bonds is 6. The van der Waals surface area contributed by atoms with Crippen LogP contribution < -0.4 is 9.47 Å². The van der Waals surface area contributed by atoms with Crippen molar-refractivity contribution < 1.29 is 18.7 Å². The first-order valence-electron chi connectivity index (χ1n) is 7.90. The fourth-order valence-electron chi connectivity index (χ4n) is 2.72. The minimum Gasteiger partial charge on any atom is -0.497 e. The number of carbonyl (C=O) groups is 1. The molecule has 0 aliphatic heterocycles. The van der Waals surface area contributed by atoms with Crippen LogP contribution in [0.15, 0.2) is 42.5 Å². The molecule has 0 spiro atoms. The molecule has 5 heteroatoms. The second-order valence-electron chi connectivity index (χ2n) is 5.86. The van der Waals surface area contributed by atoms with Gasteiger partial charge in [-0.1, -0.05) is 12.1 Å². The Morgan fingerprint density at radius 2 is 1.96 bits per heavy atom. The Kier molecular flexibility index (Phi) is 4.69. The van der Waals surface area contributed by atoms with Crippen molar-refractivity contribution in [2.45, 2.75) is 25.4 Å². The van der Waals surface area contributed by atoms with Gasteiger partial charge in [0.2, 0.25) is 0 Å². The van der Waals surface area contributed by atoms with E-state index < -0.39 is 0 Å². The molecule has 0 heterocycles. The molecule has 1 saturated carbocycles. The summed E-state index contributed by atoms with van der Waals surface area (Å²) >= 11 is 0. The summed E-state index contributed by atoms with van der Waals surface area (Å²) in [4.78, 5) is 14.8. The van der Waals surface area contributed by atoms with Crippen LogP contribution >= 0.6 is 0 Å². The molecule has 0 radical (unpaired) electrons. The van der Waals surface area contributed by atoms with Gasteiger partial charge in [-0.3, -0.25) is 4.79 Å². The molecule has 0 N–H and O–H groups in total. The van der Waals surface area contributed by atoms with Gasteiger partial charge in [0.05, 0.1) is 19.8 Å². The van der Waals surface area contributed by atoms with Gasteiger partial charge in [0.1, 0.15) is 17.3 Å².